The summed E-state index contributed by atoms with van der Waals surface area (Å²) in [6.45, 7) is 2.00. The molecule has 4 nitrogen and oxygen atoms in total. The van der Waals surface area contributed by atoms with E-state index in [4.69, 9.17) is 11.6 Å². The predicted octanol–water partition coefficient (Wildman–Crippen LogP) is 4.42. The van der Waals surface area contributed by atoms with Crippen molar-refractivity contribution in [3.8, 4) is 0 Å². The van der Waals surface area contributed by atoms with Crippen molar-refractivity contribution in [2.24, 2.45) is 11.8 Å². The highest BCUT2D eigenvalue weighted by Crippen LogP contribution is 2.37. The summed E-state index contributed by atoms with van der Waals surface area (Å²) in [6.07, 6.45) is 3.23. The zero-order valence-electron chi connectivity index (χ0n) is 16.1. The summed E-state index contributed by atoms with van der Waals surface area (Å²) >= 11 is 5.92. The molecule has 0 radical (unpaired) electrons. The number of carbonyl (C=O) groups is 1. The van der Waals surface area contributed by atoms with Gasteiger partial charge in [0.2, 0.25) is 5.91 Å². The van der Waals surface area contributed by atoms with Crippen LogP contribution in [-0.4, -0.2) is 52.7 Å². The number of halogens is 3. The molecule has 7 heteroatoms. The molecule has 1 unspecified atom stereocenters. The fourth-order valence-corrected chi connectivity index (χ4v) is 4.85. The number of allylic oxidation sites excluding steroid dienone is 3. The number of aliphatic hydroxyl groups is 1. The molecule has 29 heavy (non-hydrogen) atoms. The van der Waals surface area contributed by atoms with Crippen LogP contribution in [0.3, 0.4) is 0 Å². The predicted molar refractivity (Wildman–Crippen MR) is 108 cm³/mol. The van der Waals surface area contributed by atoms with Crippen LogP contribution in [0.1, 0.15) is 24.8 Å². The number of amides is 1. The van der Waals surface area contributed by atoms with E-state index in [0.29, 0.717) is 37.5 Å². The molecule has 0 bridgehead atoms. The van der Waals surface area contributed by atoms with Crippen molar-refractivity contribution in [2.75, 3.05) is 19.6 Å². The molecule has 0 saturated carbocycles. The molecule has 0 aromatic heterocycles. The minimum atomic E-state index is -1.12. The van der Waals surface area contributed by atoms with Crippen LogP contribution in [0.2, 0.25) is 5.02 Å². The van der Waals surface area contributed by atoms with Crippen LogP contribution in [0.4, 0.5) is 8.78 Å². The summed E-state index contributed by atoms with van der Waals surface area (Å²) in [5, 5.41) is 10.0. The highest BCUT2D eigenvalue weighted by Gasteiger charge is 2.42. The van der Waals surface area contributed by atoms with Crippen LogP contribution in [0.15, 0.2) is 48.0 Å². The van der Waals surface area contributed by atoms with Gasteiger partial charge in [-0.2, -0.15) is 0 Å². The lowest BCUT2D eigenvalue weighted by Crippen LogP contribution is -2.51. The first-order valence-electron chi connectivity index (χ1n) is 10.1. The summed E-state index contributed by atoms with van der Waals surface area (Å²) in [5.41, 5.74) is 1.02. The number of alkyl halides is 1. The average Bonchev–Trinajstić information content (AvgIpc) is 3.06. The second kappa shape index (κ2) is 8.44. The lowest BCUT2D eigenvalue weighted by atomic mass is 9.79. The van der Waals surface area contributed by atoms with E-state index in [-0.39, 0.29) is 42.5 Å². The Balaban J connectivity index is 1.34. The fraction of sp³-hybridized carbons (Fsp3) is 0.500. The monoisotopic (exact) mass is 422 g/mol. The molecule has 2 heterocycles. The van der Waals surface area contributed by atoms with Gasteiger partial charge in [-0.1, -0.05) is 29.8 Å². The van der Waals surface area contributed by atoms with Crippen LogP contribution >= 0.6 is 11.6 Å². The molecule has 4 rings (SSSR count). The van der Waals surface area contributed by atoms with Gasteiger partial charge in [0.1, 0.15) is 17.8 Å². The number of aliphatic hydroxyl groups excluding tert-OH is 1. The first-order chi connectivity index (χ1) is 13.9. The van der Waals surface area contributed by atoms with E-state index in [1.54, 1.807) is 6.08 Å². The zero-order chi connectivity index (χ0) is 20.5. The molecule has 4 atom stereocenters. The van der Waals surface area contributed by atoms with Gasteiger partial charge in [-0.25, -0.2) is 8.78 Å². The van der Waals surface area contributed by atoms with Crippen LogP contribution in [0.5, 0.6) is 0 Å². The molecule has 1 N–H and O–H groups in total. The topological polar surface area (TPSA) is 43.8 Å². The van der Waals surface area contributed by atoms with Crippen LogP contribution in [0, 0.1) is 11.8 Å². The molecular formula is C22H25ClF2N2O2. The molecule has 2 saturated heterocycles. The first-order valence-corrected chi connectivity index (χ1v) is 10.5. The van der Waals surface area contributed by atoms with Gasteiger partial charge in [0.05, 0.1) is 6.04 Å². The number of hydrogen-bond donors (Lipinski definition) is 1. The van der Waals surface area contributed by atoms with E-state index in [1.165, 1.54) is 6.08 Å². The minimum Gasteiger partial charge on any atom is -0.505 e. The van der Waals surface area contributed by atoms with Gasteiger partial charge in [0.15, 0.2) is 0 Å². The molecule has 2 fully saturated rings. The number of nitrogens with zero attached hydrogens (tertiary/aromatic N) is 2. The third kappa shape index (κ3) is 4.33. The highest BCUT2D eigenvalue weighted by atomic mass is 35.5. The average molecular weight is 423 g/mol. The van der Waals surface area contributed by atoms with Crippen LogP contribution in [0.25, 0.3) is 0 Å². The lowest BCUT2D eigenvalue weighted by Gasteiger charge is -2.40. The number of likely N-dealkylation sites (tertiary alicyclic amines) is 2. The number of benzene rings is 1. The summed E-state index contributed by atoms with van der Waals surface area (Å²) in [7, 11) is 0. The Morgan fingerprint density at radius 2 is 1.93 bits per heavy atom. The largest absolute Gasteiger partial charge is 0.505 e. The standard InChI is InChI=1S/C22H25ClF2N2O2/c23-16-4-1-14(2-5-16)12-27-10-8-20(22(27)29)26-9-7-17(19(25)13-26)15-3-6-21(28)18(24)11-15/h1-6,15,17,19-20,28H,7-13H2/t15?,17-,19+,20+/m0/s1. The smallest absolute Gasteiger partial charge is 0.240 e. The summed E-state index contributed by atoms with van der Waals surface area (Å²) in [5.74, 6) is -1.42. The van der Waals surface area contributed by atoms with E-state index < -0.39 is 12.0 Å². The molecular weight excluding hydrogens is 398 g/mol. The Kier molecular flexibility index (Phi) is 5.93. The van der Waals surface area contributed by atoms with Crippen molar-refractivity contribution in [3.63, 3.8) is 0 Å². The Labute approximate surface area is 174 Å². The highest BCUT2D eigenvalue weighted by molar-refractivity contribution is 6.30. The lowest BCUT2D eigenvalue weighted by molar-refractivity contribution is -0.133. The van der Waals surface area contributed by atoms with E-state index in [1.807, 2.05) is 34.1 Å². The van der Waals surface area contributed by atoms with Crippen molar-refractivity contribution in [1.29, 1.82) is 0 Å². The number of rotatable bonds is 4. The SMILES string of the molecule is O=C1[C@H](N2CC[C@@H](C3C=CC(O)=C(F)C3)[C@H](F)C2)CCN1Cc1ccc(Cl)cc1. The molecule has 1 aromatic rings. The summed E-state index contributed by atoms with van der Waals surface area (Å²) in [6, 6.07) is 7.16. The quantitative estimate of drug-likeness (QED) is 0.781. The van der Waals surface area contributed by atoms with Crippen LogP contribution in [-0.2, 0) is 11.3 Å². The maximum Gasteiger partial charge on any atom is 0.240 e. The van der Waals surface area contributed by atoms with Gasteiger partial charge < -0.3 is 10.0 Å². The van der Waals surface area contributed by atoms with Crippen LogP contribution < -0.4 is 0 Å². The molecule has 1 aliphatic carbocycles. The van der Waals surface area contributed by atoms with Gasteiger partial charge in [-0.3, -0.25) is 9.69 Å². The molecule has 0 spiro atoms. The maximum absolute atomic E-state index is 15.0. The van der Waals surface area contributed by atoms with E-state index >= 15 is 0 Å². The summed E-state index contributed by atoms with van der Waals surface area (Å²) < 4.78 is 28.7. The van der Waals surface area contributed by atoms with Gasteiger partial charge in [-0.15, -0.1) is 0 Å². The van der Waals surface area contributed by atoms with Crippen molar-refractivity contribution in [2.45, 2.75) is 38.0 Å². The number of hydrogen-bond acceptors (Lipinski definition) is 3. The van der Waals surface area contributed by atoms with Gasteiger partial charge >= 0.3 is 0 Å². The molecule has 1 aromatic carbocycles. The van der Waals surface area contributed by atoms with E-state index in [9.17, 15) is 18.7 Å². The second-order valence-electron chi connectivity index (χ2n) is 8.17. The Hall–Kier alpha value is -1.92. The van der Waals surface area contributed by atoms with Crippen molar-refractivity contribution in [3.05, 3.63) is 58.6 Å². The third-order valence-electron chi connectivity index (χ3n) is 6.36. The van der Waals surface area contributed by atoms with Gasteiger partial charge in [0, 0.05) is 31.1 Å². The maximum atomic E-state index is 15.0. The number of carbonyl (C=O) groups excluding carboxylic acids is 1. The third-order valence-corrected chi connectivity index (χ3v) is 6.62. The zero-order valence-corrected chi connectivity index (χ0v) is 16.9. The summed E-state index contributed by atoms with van der Waals surface area (Å²) in [4.78, 5) is 16.7. The fourth-order valence-electron chi connectivity index (χ4n) is 4.72. The molecule has 1 amide bonds. The normalized spacial score (nSPS) is 31.0. The second-order valence-corrected chi connectivity index (χ2v) is 8.61. The van der Waals surface area contributed by atoms with Crippen molar-refractivity contribution >= 4 is 17.5 Å². The number of piperidine rings is 1. The van der Waals surface area contributed by atoms with E-state index in [0.717, 1.165) is 5.56 Å². The molecule has 2 aliphatic heterocycles. The molecule has 156 valence electrons. The Bertz CT molecular complexity index is 827. The van der Waals surface area contributed by atoms with Gasteiger partial charge in [0.25, 0.3) is 0 Å². The molecule has 3 aliphatic rings. The van der Waals surface area contributed by atoms with Crippen molar-refractivity contribution in [1.82, 2.24) is 9.80 Å². The van der Waals surface area contributed by atoms with E-state index in [2.05, 4.69) is 0 Å². The van der Waals surface area contributed by atoms with Crippen molar-refractivity contribution < 1.29 is 18.7 Å². The first kappa shape index (κ1) is 20.4. The van der Waals surface area contributed by atoms with Gasteiger partial charge in [-0.05, 0) is 55.0 Å². The minimum absolute atomic E-state index is 0.0436. The Morgan fingerprint density at radius 3 is 2.62 bits per heavy atom. The Morgan fingerprint density at radius 1 is 1.17 bits per heavy atom.